The second-order valence-electron chi connectivity index (χ2n) is 6.61. The van der Waals surface area contributed by atoms with Gasteiger partial charge in [0.25, 0.3) is 5.91 Å². The normalized spacial score (nSPS) is 11.9. The Morgan fingerprint density at radius 3 is 2.69 bits per heavy atom. The molecule has 0 aliphatic rings. The van der Waals surface area contributed by atoms with Crippen molar-refractivity contribution >= 4 is 33.5 Å². The fourth-order valence-electron chi connectivity index (χ4n) is 2.91. The molecule has 29 heavy (non-hydrogen) atoms. The fourth-order valence-corrected chi connectivity index (χ4v) is 3.25. The van der Waals surface area contributed by atoms with Crippen LogP contribution in [0.4, 0.5) is 10.1 Å². The summed E-state index contributed by atoms with van der Waals surface area (Å²) in [5, 5.41) is 2.43. The number of esters is 1. The summed E-state index contributed by atoms with van der Waals surface area (Å²) in [6.07, 6.45) is 0.492. The Labute approximate surface area is 175 Å². The lowest BCUT2D eigenvalue weighted by Crippen LogP contribution is -2.30. The molecule has 3 rings (SSSR count). The number of aromatic nitrogens is 1. The van der Waals surface area contributed by atoms with Gasteiger partial charge in [-0.1, -0.05) is 15.9 Å². The van der Waals surface area contributed by atoms with Gasteiger partial charge >= 0.3 is 5.97 Å². The third kappa shape index (κ3) is 4.76. The van der Waals surface area contributed by atoms with Gasteiger partial charge in [0.1, 0.15) is 11.6 Å². The maximum Gasteiger partial charge on any atom is 0.340 e. The molecule has 0 fully saturated rings. The molecule has 1 amide bonds. The van der Waals surface area contributed by atoms with Gasteiger partial charge in [0.2, 0.25) is 0 Å². The van der Waals surface area contributed by atoms with Crippen molar-refractivity contribution in [3.05, 3.63) is 75.7 Å². The van der Waals surface area contributed by atoms with Gasteiger partial charge in [-0.3, -0.25) is 4.79 Å². The third-order valence-electron chi connectivity index (χ3n) is 4.53. The molecule has 0 spiro atoms. The van der Waals surface area contributed by atoms with Crippen LogP contribution in [0.25, 0.3) is 0 Å². The highest BCUT2D eigenvalue weighted by Crippen LogP contribution is 2.21. The van der Waals surface area contributed by atoms with E-state index in [1.807, 2.05) is 17.6 Å². The van der Waals surface area contributed by atoms with Crippen LogP contribution in [0.2, 0.25) is 0 Å². The minimum Gasteiger partial charge on any atom is -0.467 e. The maximum absolute atomic E-state index is 13.9. The summed E-state index contributed by atoms with van der Waals surface area (Å²) in [7, 11) is 0. The lowest BCUT2D eigenvalue weighted by molar-refractivity contribution is -0.123. The first-order chi connectivity index (χ1) is 13.8. The number of benzene rings is 1. The molecule has 1 N–H and O–H groups in total. The number of carbonyl (C=O) groups excluding carboxylic acids is 2. The lowest BCUT2D eigenvalue weighted by Gasteiger charge is -2.14. The van der Waals surface area contributed by atoms with Crippen molar-refractivity contribution < 1.29 is 23.1 Å². The number of nitrogens with zero attached hydrogens (tertiary/aromatic N) is 1. The Bertz CT molecular complexity index is 1040. The smallest absolute Gasteiger partial charge is 0.340 e. The highest BCUT2D eigenvalue weighted by atomic mass is 79.9. The molecule has 8 heteroatoms. The molecule has 0 saturated heterocycles. The van der Waals surface area contributed by atoms with E-state index in [9.17, 15) is 14.0 Å². The molecule has 0 radical (unpaired) electrons. The molecule has 2 aromatic heterocycles. The maximum atomic E-state index is 13.9. The van der Waals surface area contributed by atoms with Gasteiger partial charge in [-0.25, -0.2) is 9.18 Å². The average Bonchev–Trinajstić information content (AvgIpc) is 3.27. The van der Waals surface area contributed by atoms with Crippen LogP contribution >= 0.6 is 15.9 Å². The van der Waals surface area contributed by atoms with E-state index in [1.165, 1.54) is 19.1 Å². The molecule has 6 nitrogen and oxygen atoms in total. The van der Waals surface area contributed by atoms with Crippen LogP contribution in [-0.4, -0.2) is 22.5 Å². The number of ether oxygens (including phenoxy) is 1. The zero-order valence-electron chi connectivity index (χ0n) is 16.2. The largest absolute Gasteiger partial charge is 0.467 e. The van der Waals surface area contributed by atoms with Crippen molar-refractivity contribution in [2.24, 2.45) is 0 Å². The molecule has 0 aliphatic carbocycles. The van der Waals surface area contributed by atoms with E-state index >= 15 is 0 Å². The number of halogens is 2. The van der Waals surface area contributed by atoms with Crippen LogP contribution in [0, 0.1) is 19.7 Å². The predicted octanol–water partition coefficient (Wildman–Crippen LogP) is 4.83. The molecule has 152 valence electrons. The van der Waals surface area contributed by atoms with Gasteiger partial charge in [-0.2, -0.15) is 0 Å². The highest BCUT2D eigenvalue weighted by molar-refractivity contribution is 9.10. The number of carbonyl (C=O) groups is 2. The van der Waals surface area contributed by atoms with E-state index in [0.29, 0.717) is 22.3 Å². The zero-order valence-corrected chi connectivity index (χ0v) is 17.7. The number of hydrogen-bond donors (Lipinski definition) is 1. The van der Waals surface area contributed by atoms with Gasteiger partial charge < -0.3 is 19.0 Å². The first kappa shape index (κ1) is 20.9. The van der Waals surface area contributed by atoms with Gasteiger partial charge in [0, 0.05) is 15.9 Å². The SMILES string of the molecule is Cc1cc(C(=O)OC(C)C(=O)Nc2ccc(Br)cc2F)c(C)n1Cc1ccco1. The average molecular weight is 463 g/mol. The van der Waals surface area contributed by atoms with Crippen LogP contribution in [-0.2, 0) is 16.1 Å². The van der Waals surface area contributed by atoms with Crippen molar-refractivity contribution in [1.82, 2.24) is 4.57 Å². The molecule has 0 bridgehead atoms. The Morgan fingerprint density at radius 2 is 2.03 bits per heavy atom. The topological polar surface area (TPSA) is 73.5 Å². The highest BCUT2D eigenvalue weighted by Gasteiger charge is 2.23. The van der Waals surface area contributed by atoms with Gasteiger partial charge in [-0.05, 0) is 57.2 Å². The minimum absolute atomic E-state index is 0.0118. The van der Waals surface area contributed by atoms with Crippen LogP contribution in [0.15, 0.2) is 51.6 Å². The van der Waals surface area contributed by atoms with E-state index in [2.05, 4.69) is 21.2 Å². The number of furan rings is 1. The predicted molar refractivity (Wildman–Crippen MR) is 109 cm³/mol. The quantitative estimate of drug-likeness (QED) is 0.532. The van der Waals surface area contributed by atoms with Crippen molar-refractivity contribution in [3.63, 3.8) is 0 Å². The Morgan fingerprint density at radius 1 is 1.28 bits per heavy atom. The summed E-state index contributed by atoms with van der Waals surface area (Å²) in [5.41, 5.74) is 1.94. The number of aryl methyl sites for hydroxylation is 1. The summed E-state index contributed by atoms with van der Waals surface area (Å²) in [5.74, 6) is -1.07. The Balaban J connectivity index is 1.68. The minimum atomic E-state index is -1.10. The van der Waals surface area contributed by atoms with Gasteiger partial charge in [0.05, 0.1) is 24.1 Å². The molecule has 0 saturated carbocycles. The Hall–Kier alpha value is -2.87. The number of anilines is 1. The van der Waals surface area contributed by atoms with Crippen LogP contribution in [0.5, 0.6) is 0 Å². The molecule has 3 aromatic rings. The molecule has 1 unspecified atom stereocenters. The second kappa shape index (κ2) is 8.65. The summed E-state index contributed by atoms with van der Waals surface area (Å²) >= 11 is 3.15. The number of rotatable bonds is 6. The standard InChI is InChI=1S/C21H20BrFN2O4/c1-12-9-17(13(2)25(12)11-16-5-4-8-28-16)21(27)29-14(3)20(26)24-19-7-6-15(22)10-18(19)23/h4-10,14H,11H2,1-3H3,(H,24,26). The molecule has 2 heterocycles. The van der Waals surface area contributed by atoms with Crippen molar-refractivity contribution in [1.29, 1.82) is 0 Å². The molecular weight excluding hydrogens is 443 g/mol. The molecular formula is C21H20BrFN2O4. The van der Waals surface area contributed by atoms with E-state index in [0.717, 1.165) is 11.5 Å². The van der Waals surface area contributed by atoms with E-state index in [4.69, 9.17) is 9.15 Å². The summed E-state index contributed by atoms with van der Waals surface area (Å²) in [6, 6.07) is 9.62. The Kier molecular flexibility index (Phi) is 6.22. The van der Waals surface area contributed by atoms with Crippen molar-refractivity contribution in [3.8, 4) is 0 Å². The number of hydrogen-bond acceptors (Lipinski definition) is 4. The molecule has 1 atom stereocenters. The van der Waals surface area contributed by atoms with Crippen molar-refractivity contribution in [2.75, 3.05) is 5.32 Å². The fraction of sp³-hybridized carbons (Fsp3) is 0.238. The lowest BCUT2D eigenvalue weighted by atomic mass is 10.2. The second-order valence-corrected chi connectivity index (χ2v) is 7.53. The number of amides is 1. The van der Waals surface area contributed by atoms with Gasteiger partial charge in [-0.15, -0.1) is 0 Å². The van der Waals surface area contributed by atoms with Crippen LogP contribution < -0.4 is 5.32 Å². The van der Waals surface area contributed by atoms with E-state index in [1.54, 1.807) is 31.4 Å². The first-order valence-corrected chi connectivity index (χ1v) is 9.71. The van der Waals surface area contributed by atoms with Crippen LogP contribution in [0.3, 0.4) is 0 Å². The van der Waals surface area contributed by atoms with E-state index in [-0.39, 0.29) is 5.69 Å². The summed E-state index contributed by atoms with van der Waals surface area (Å²) < 4.78 is 27.0. The zero-order chi connectivity index (χ0) is 21.1. The summed E-state index contributed by atoms with van der Waals surface area (Å²) in [4.78, 5) is 24.9. The molecule has 0 aliphatic heterocycles. The summed E-state index contributed by atoms with van der Waals surface area (Å²) in [6.45, 7) is 5.59. The van der Waals surface area contributed by atoms with Crippen LogP contribution in [0.1, 0.15) is 34.4 Å². The van der Waals surface area contributed by atoms with E-state index < -0.39 is 23.8 Å². The molecule has 1 aromatic carbocycles. The number of nitrogens with one attached hydrogen (secondary N) is 1. The third-order valence-corrected chi connectivity index (χ3v) is 5.02. The van der Waals surface area contributed by atoms with Gasteiger partial charge in [0.15, 0.2) is 6.10 Å². The monoisotopic (exact) mass is 462 g/mol. The first-order valence-electron chi connectivity index (χ1n) is 8.92. The van der Waals surface area contributed by atoms with Crippen molar-refractivity contribution in [2.45, 2.75) is 33.4 Å².